The fourth-order valence-corrected chi connectivity index (χ4v) is 5.96. The Morgan fingerprint density at radius 2 is 1.69 bits per heavy atom. The molecular formula is C31H40FN5O5. The summed E-state index contributed by atoms with van der Waals surface area (Å²) in [6, 6.07) is 11.3. The van der Waals surface area contributed by atoms with Crippen molar-refractivity contribution in [3.63, 3.8) is 0 Å². The van der Waals surface area contributed by atoms with Crippen LogP contribution in [0, 0.1) is 5.82 Å². The number of hydrogen-bond donors (Lipinski definition) is 1. The Kier molecular flexibility index (Phi) is 10.0. The highest BCUT2D eigenvalue weighted by molar-refractivity contribution is 5.99. The Hall–Kier alpha value is -3.54. The van der Waals surface area contributed by atoms with E-state index in [9.17, 15) is 18.8 Å². The SMILES string of the molecule is COc1ccc(C(=O)N(CCN2CCOCC2)C2CC(C(=O)N3CCCNCC3)N(C(=O)c3ccc(F)cc3)C2)cc1. The second-order valence-electron chi connectivity index (χ2n) is 11.0. The van der Waals surface area contributed by atoms with E-state index in [0.717, 1.165) is 26.1 Å². The molecule has 11 heteroatoms. The van der Waals surface area contributed by atoms with E-state index < -0.39 is 11.9 Å². The fraction of sp³-hybridized carbons (Fsp3) is 0.516. The van der Waals surface area contributed by atoms with Crippen LogP contribution in [0.1, 0.15) is 33.6 Å². The first-order chi connectivity index (χ1) is 20.4. The summed E-state index contributed by atoms with van der Waals surface area (Å²) in [5, 5.41) is 3.32. The molecule has 3 heterocycles. The van der Waals surface area contributed by atoms with Gasteiger partial charge in [-0.2, -0.15) is 0 Å². The third-order valence-electron chi connectivity index (χ3n) is 8.37. The first-order valence-electron chi connectivity index (χ1n) is 14.8. The summed E-state index contributed by atoms with van der Waals surface area (Å²) < 4.78 is 24.4. The standard InChI is InChI=1S/C31H40FN5O5/c1-41-27-9-5-24(6-10-27)29(38)36(16-15-34-17-19-42-20-18-34)26-21-28(31(40)35-13-2-11-33-12-14-35)37(22-26)30(39)23-3-7-25(32)8-4-23/h3-10,26,28,33H,2,11-22H2,1H3. The number of halogens is 1. The topological polar surface area (TPSA) is 94.7 Å². The van der Waals surface area contributed by atoms with Gasteiger partial charge in [0.05, 0.1) is 26.4 Å². The number of nitrogens with zero attached hydrogens (tertiary/aromatic N) is 4. The molecule has 3 aliphatic rings. The molecule has 0 radical (unpaired) electrons. The fourth-order valence-electron chi connectivity index (χ4n) is 5.96. The van der Waals surface area contributed by atoms with Crippen molar-refractivity contribution in [2.24, 2.45) is 0 Å². The number of hydrogen-bond acceptors (Lipinski definition) is 7. The summed E-state index contributed by atoms with van der Waals surface area (Å²) in [7, 11) is 1.58. The van der Waals surface area contributed by atoms with Gasteiger partial charge < -0.3 is 29.5 Å². The molecule has 0 aromatic heterocycles. The molecule has 0 bridgehead atoms. The van der Waals surface area contributed by atoms with E-state index in [2.05, 4.69) is 10.2 Å². The molecule has 1 N–H and O–H groups in total. The number of rotatable bonds is 8. The first-order valence-corrected chi connectivity index (χ1v) is 14.8. The van der Waals surface area contributed by atoms with Gasteiger partial charge in [0.2, 0.25) is 5.91 Å². The van der Waals surface area contributed by atoms with E-state index >= 15 is 0 Å². The van der Waals surface area contributed by atoms with E-state index in [0.29, 0.717) is 69.2 Å². The largest absolute Gasteiger partial charge is 0.497 e. The molecular weight excluding hydrogens is 541 g/mol. The quantitative estimate of drug-likeness (QED) is 0.508. The van der Waals surface area contributed by atoms with Crippen LogP contribution in [0.5, 0.6) is 5.75 Å². The number of likely N-dealkylation sites (tertiary alicyclic amines) is 1. The normalized spacial score (nSPS) is 21.6. The lowest BCUT2D eigenvalue weighted by atomic mass is 10.1. The van der Waals surface area contributed by atoms with Crippen molar-refractivity contribution in [2.45, 2.75) is 24.9 Å². The number of carbonyl (C=O) groups is 3. The van der Waals surface area contributed by atoms with Crippen LogP contribution >= 0.6 is 0 Å². The number of ether oxygens (including phenoxy) is 2. The summed E-state index contributed by atoms with van der Waals surface area (Å²) >= 11 is 0. The predicted octanol–water partition coefficient (Wildman–Crippen LogP) is 1.71. The van der Waals surface area contributed by atoms with E-state index in [1.165, 1.54) is 24.3 Å². The summed E-state index contributed by atoms with van der Waals surface area (Å²) in [6.45, 7) is 6.88. The Balaban J connectivity index is 1.43. The van der Waals surface area contributed by atoms with Crippen molar-refractivity contribution in [2.75, 3.05) is 79.2 Å². The molecule has 3 aliphatic heterocycles. The maximum absolute atomic E-state index is 14.0. The number of nitrogens with one attached hydrogen (secondary N) is 1. The molecule has 5 rings (SSSR count). The smallest absolute Gasteiger partial charge is 0.254 e. The Morgan fingerprint density at radius 1 is 0.976 bits per heavy atom. The van der Waals surface area contributed by atoms with Crippen LogP contribution in [0.15, 0.2) is 48.5 Å². The summed E-state index contributed by atoms with van der Waals surface area (Å²) in [6.07, 6.45) is 1.16. The van der Waals surface area contributed by atoms with Crippen molar-refractivity contribution in [1.82, 2.24) is 24.9 Å². The van der Waals surface area contributed by atoms with Crippen molar-refractivity contribution in [3.05, 3.63) is 65.5 Å². The summed E-state index contributed by atoms with van der Waals surface area (Å²) in [4.78, 5) is 49.2. The molecule has 0 spiro atoms. The van der Waals surface area contributed by atoms with Crippen LogP contribution in [0.2, 0.25) is 0 Å². The molecule has 226 valence electrons. The van der Waals surface area contributed by atoms with Gasteiger partial charge in [-0.15, -0.1) is 0 Å². The van der Waals surface area contributed by atoms with E-state index in [4.69, 9.17) is 9.47 Å². The van der Waals surface area contributed by atoms with Gasteiger partial charge in [0, 0.05) is 63.5 Å². The van der Waals surface area contributed by atoms with Crippen LogP contribution in [-0.4, -0.2) is 129 Å². The molecule has 3 saturated heterocycles. The van der Waals surface area contributed by atoms with Crippen molar-refractivity contribution >= 4 is 17.7 Å². The van der Waals surface area contributed by atoms with Gasteiger partial charge in [0.1, 0.15) is 17.6 Å². The lowest BCUT2D eigenvalue weighted by molar-refractivity contribution is -0.135. The third-order valence-corrected chi connectivity index (χ3v) is 8.37. The van der Waals surface area contributed by atoms with Gasteiger partial charge in [0.15, 0.2) is 0 Å². The highest BCUT2D eigenvalue weighted by Gasteiger charge is 2.44. The highest BCUT2D eigenvalue weighted by Crippen LogP contribution is 2.28. The zero-order valence-electron chi connectivity index (χ0n) is 24.2. The molecule has 3 amide bonds. The second-order valence-corrected chi connectivity index (χ2v) is 11.0. The van der Waals surface area contributed by atoms with Crippen LogP contribution in [-0.2, 0) is 9.53 Å². The Bertz CT molecular complexity index is 1210. The van der Waals surface area contributed by atoms with Gasteiger partial charge in [-0.3, -0.25) is 19.3 Å². The highest BCUT2D eigenvalue weighted by atomic mass is 19.1. The van der Waals surface area contributed by atoms with E-state index in [-0.39, 0.29) is 30.3 Å². The molecule has 10 nitrogen and oxygen atoms in total. The first kappa shape index (κ1) is 29.9. The number of carbonyl (C=O) groups excluding carboxylic acids is 3. The summed E-state index contributed by atoms with van der Waals surface area (Å²) in [5.74, 6) is -0.386. The minimum Gasteiger partial charge on any atom is -0.497 e. The van der Waals surface area contributed by atoms with Crippen molar-refractivity contribution in [3.8, 4) is 5.75 Å². The molecule has 0 aliphatic carbocycles. The molecule has 3 fully saturated rings. The number of benzene rings is 2. The monoisotopic (exact) mass is 581 g/mol. The van der Waals surface area contributed by atoms with Crippen LogP contribution < -0.4 is 10.1 Å². The van der Waals surface area contributed by atoms with Crippen LogP contribution in [0.25, 0.3) is 0 Å². The lowest BCUT2D eigenvalue weighted by Gasteiger charge is -2.33. The average Bonchev–Trinajstić information content (AvgIpc) is 3.28. The Labute approximate surface area is 246 Å². The van der Waals surface area contributed by atoms with Gasteiger partial charge >= 0.3 is 0 Å². The minimum atomic E-state index is -0.722. The third kappa shape index (κ3) is 7.08. The maximum Gasteiger partial charge on any atom is 0.254 e. The number of morpholine rings is 1. The van der Waals surface area contributed by atoms with E-state index in [1.807, 2.05) is 9.80 Å². The van der Waals surface area contributed by atoms with Crippen LogP contribution in [0.4, 0.5) is 4.39 Å². The van der Waals surface area contributed by atoms with Crippen molar-refractivity contribution in [1.29, 1.82) is 0 Å². The zero-order chi connectivity index (χ0) is 29.5. The zero-order valence-corrected chi connectivity index (χ0v) is 24.2. The summed E-state index contributed by atoms with van der Waals surface area (Å²) in [5.41, 5.74) is 0.830. The molecule has 2 atom stereocenters. The predicted molar refractivity (Wildman–Crippen MR) is 155 cm³/mol. The maximum atomic E-state index is 14.0. The van der Waals surface area contributed by atoms with Gasteiger partial charge in [-0.25, -0.2) is 4.39 Å². The molecule has 2 unspecified atom stereocenters. The van der Waals surface area contributed by atoms with E-state index in [1.54, 1.807) is 36.3 Å². The molecule has 0 saturated carbocycles. The minimum absolute atomic E-state index is 0.110. The second kappa shape index (κ2) is 14.1. The molecule has 2 aromatic rings. The molecule has 42 heavy (non-hydrogen) atoms. The average molecular weight is 582 g/mol. The van der Waals surface area contributed by atoms with Crippen molar-refractivity contribution < 1.29 is 28.2 Å². The molecule has 2 aromatic carbocycles. The lowest BCUT2D eigenvalue weighted by Crippen LogP contribution is -2.48. The van der Waals surface area contributed by atoms with Crippen LogP contribution in [0.3, 0.4) is 0 Å². The van der Waals surface area contributed by atoms with Gasteiger partial charge in [-0.1, -0.05) is 0 Å². The van der Waals surface area contributed by atoms with Gasteiger partial charge in [-0.05, 0) is 67.9 Å². The Morgan fingerprint density at radius 3 is 2.40 bits per heavy atom. The van der Waals surface area contributed by atoms with Gasteiger partial charge in [0.25, 0.3) is 11.8 Å². The number of methoxy groups -OCH3 is 1. The number of amides is 3.